The topological polar surface area (TPSA) is 46.3 Å². The zero-order valence-corrected chi connectivity index (χ0v) is 11.6. The van der Waals surface area contributed by atoms with E-state index in [9.17, 15) is 4.79 Å². The normalized spacial score (nSPS) is 14.4. The van der Waals surface area contributed by atoms with Gasteiger partial charge < -0.3 is 10.6 Å². The number of carbonyl (C=O) groups is 1. The van der Waals surface area contributed by atoms with Crippen molar-refractivity contribution in [3.63, 3.8) is 0 Å². The molecule has 0 unspecified atom stereocenters. The third-order valence-corrected chi connectivity index (χ3v) is 3.60. The molecule has 1 aliphatic rings. The molecular weight excluding hydrogens is 236 g/mol. The molecule has 1 amide bonds. The number of nitrogens with two attached hydrogens (primary N) is 1. The van der Waals surface area contributed by atoms with Crippen LogP contribution >= 0.6 is 0 Å². The molecule has 1 aliphatic carbocycles. The van der Waals surface area contributed by atoms with Crippen molar-refractivity contribution in [2.75, 3.05) is 6.54 Å². The third kappa shape index (κ3) is 4.67. The highest BCUT2D eigenvalue weighted by atomic mass is 16.2. The highest BCUT2D eigenvalue weighted by molar-refractivity contribution is 5.76. The van der Waals surface area contributed by atoms with Crippen molar-refractivity contribution in [2.45, 2.75) is 51.1 Å². The van der Waals surface area contributed by atoms with Gasteiger partial charge in [0.1, 0.15) is 0 Å². The summed E-state index contributed by atoms with van der Waals surface area (Å²) < 4.78 is 0. The highest BCUT2D eigenvalue weighted by Crippen LogP contribution is 2.29. The van der Waals surface area contributed by atoms with Crippen molar-refractivity contribution in [3.8, 4) is 0 Å². The van der Waals surface area contributed by atoms with E-state index in [1.165, 1.54) is 18.4 Å². The number of carbonyl (C=O) groups excluding carboxylic acids is 1. The fourth-order valence-electron chi connectivity index (χ4n) is 2.33. The zero-order chi connectivity index (χ0) is 13.5. The highest BCUT2D eigenvalue weighted by Gasteiger charge is 2.31. The Labute approximate surface area is 115 Å². The van der Waals surface area contributed by atoms with Crippen molar-refractivity contribution in [1.82, 2.24) is 4.90 Å². The minimum absolute atomic E-state index is 0.309. The van der Waals surface area contributed by atoms with Crippen LogP contribution in [0.2, 0.25) is 0 Å². The first-order valence-corrected chi connectivity index (χ1v) is 7.34. The van der Waals surface area contributed by atoms with Crippen LogP contribution in [0.1, 0.15) is 44.1 Å². The summed E-state index contributed by atoms with van der Waals surface area (Å²) in [6, 6.07) is 10.8. The molecule has 0 bridgehead atoms. The van der Waals surface area contributed by atoms with E-state index in [1.54, 1.807) is 0 Å². The van der Waals surface area contributed by atoms with E-state index >= 15 is 0 Å². The molecule has 0 spiro atoms. The summed E-state index contributed by atoms with van der Waals surface area (Å²) >= 11 is 0. The van der Waals surface area contributed by atoms with E-state index in [0.29, 0.717) is 18.4 Å². The quantitative estimate of drug-likeness (QED) is 0.730. The molecule has 0 saturated heterocycles. The minimum Gasteiger partial charge on any atom is -0.335 e. The van der Waals surface area contributed by atoms with Gasteiger partial charge in [-0.15, -0.1) is 0 Å². The van der Waals surface area contributed by atoms with Gasteiger partial charge in [0.25, 0.3) is 0 Å². The number of hydrogen-bond donors (Lipinski definition) is 1. The maximum atomic E-state index is 12.3. The summed E-state index contributed by atoms with van der Waals surface area (Å²) in [7, 11) is 0. The molecule has 0 atom stereocenters. The lowest BCUT2D eigenvalue weighted by Crippen LogP contribution is -2.32. The summed E-state index contributed by atoms with van der Waals surface area (Å²) in [4.78, 5) is 14.4. The van der Waals surface area contributed by atoms with E-state index in [-0.39, 0.29) is 0 Å². The standard InChI is InChI=1S/C16H24N2O/c17-12-6-2-5-9-16(19)18(15-10-11-15)13-14-7-3-1-4-8-14/h1,3-4,7-8,15H,2,5-6,9-13,17H2. The Morgan fingerprint density at radius 3 is 2.53 bits per heavy atom. The van der Waals surface area contributed by atoms with E-state index < -0.39 is 0 Å². The second-order valence-electron chi connectivity index (χ2n) is 5.34. The molecule has 1 aromatic rings. The van der Waals surface area contributed by atoms with Crippen molar-refractivity contribution in [2.24, 2.45) is 5.73 Å². The molecule has 3 heteroatoms. The Morgan fingerprint density at radius 2 is 1.89 bits per heavy atom. The molecule has 0 aromatic heterocycles. The Kier molecular flexibility index (Phi) is 5.40. The monoisotopic (exact) mass is 260 g/mol. The average molecular weight is 260 g/mol. The molecule has 1 saturated carbocycles. The second-order valence-corrected chi connectivity index (χ2v) is 5.34. The molecule has 1 aromatic carbocycles. The Balaban J connectivity index is 1.83. The summed E-state index contributed by atoms with van der Waals surface area (Å²) in [5.74, 6) is 0.309. The first-order chi connectivity index (χ1) is 9.31. The SMILES string of the molecule is NCCCCCC(=O)N(Cc1ccccc1)C1CC1. The smallest absolute Gasteiger partial charge is 0.223 e. The Bertz CT molecular complexity index is 387. The van der Waals surface area contributed by atoms with Gasteiger partial charge in [-0.05, 0) is 37.8 Å². The van der Waals surface area contributed by atoms with Crippen LogP contribution in [0.5, 0.6) is 0 Å². The van der Waals surface area contributed by atoms with Crippen LogP contribution in [-0.4, -0.2) is 23.4 Å². The summed E-state index contributed by atoms with van der Waals surface area (Å²) in [5, 5.41) is 0. The maximum Gasteiger partial charge on any atom is 0.223 e. The van der Waals surface area contributed by atoms with Gasteiger partial charge in [-0.25, -0.2) is 0 Å². The van der Waals surface area contributed by atoms with Gasteiger partial charge >= 0.3 is 0 Å². The summed E-state index contributed by atoms with van der Waals surface area (Å²) in [6.45, 7) is 1.49. The van der Waals surface area contributed by atoms with Gasteiger partial charge in [0, 0.05) is 19.0 Å². The summed E-state index contributed by atoms with van der Waals surface area (Å²) in [6.07, 6.45) is 6.06. The van der Waals surface area contributed by atoms with Gasteiger partial charge in [-0.1, -0.05) is 36.8 Å². The Morgan fingerprint density at radius 1 is 1.16 bits per heavy atom. The van der Waals surface area contributed by atoms with Crippen LogP contribution in [-0.2, 0) is 11.3 Å². The van der Waals surface area contributed by atoms with Crippen molar-refractivity contribution in [1.29, 1.82) is 0 Å². The number of nitrogens with zero attached hydrogens (tertiary/aromatic N) is 1. The van der Waals surface area contributed by atoms with Crippen molar-refractivity contribution >= 4 is 5.91 Å². The van der Waals surface area contributed by atoms with Crippen molar-refractivity contribution in [3.05, 3.63) is 35.9 Å². The minimum atomic E-state index is 0.309. The fourth-order valence-corrected chi connectivity index (χ4v) is 2.33. The molecule has 0 aliphatic heterocycles. The van der Waals surface area contributed by atoms with Crippen LogP contribution in [0.25, 0.3) is 0 Å². The first kappa shape index (κ1) is 14.1. The summed E-state index contributed by atoms with van der Waals surface area (Å²) in [5.41, 5.74) is 6.70. The second kappa shape index (κ2) is 7.29. The van der Waals surface area contributed by atoms with E-state index in [1.807, 2.05) is 18.2 Å². The van der Waals surface area contributed by atoms with Gasteiger partial charge in [-0.2, -0.15) is 0 Å². The predicted octanol–water partition coefficient (Wildman–Crippen LogP) is 2.70. The number of rotatable bonds is 8. The van der Waals surface area contributed by atoms with Crippen LogP contribution in [0, 0.1) is 0 Å². The molecular formula is C16H24N2O. The number of amides is 1. The lowest BCUT2D eigenvalue weighted by molar-refractivity contribution is -0.132. The van der Waals surface area contributed by atoms with Crippen LogP contribution in [0.15, 0.2) is 30.3 Å². The molecule has 0 heterocycles. The van der Waals surface area contributed by atoms with E-state index in [0.717, 1.165) is 32.4 Å². The van der Waals surface area contributed by atoms with Crippen LogP contribution < -0.4 is 5.73 Å². The molecule has 1 fully saturated rings. The van der Waals surface area contributed by atoms with E-state index in [4.69, 9.17) is 5.73 Å². The largest absolute Gasteiger partial charge is 0.335 e. The zero-order valence-electron chi connectivity index (χ0n) is 11.6. The van der Waals surface area contributed by atoms with Gasteiger partial charge in [0.2, 0.25) is 5.91 Å². The maximum absolute atomic E-state index is 12.3. The molecule has 2 N–H and O–H groups in total. The lowest BCUT2D eigenvalue weighted by atomic mass is 10.1. The predicted molar refractivity (Wildman–Crippen MR) is 77.5 cm³/mol. The van der Waals surface area contributed by atoms with Gasteiger partial charge in [0.05, 0.1) is 0 Å². The average Bonchev–Trinajstić information content (AvgIpc) is 3.26. The molecule has 3 nitrogen and oxygen atoms in total. The van der Waals surface area contributed by atoms with Crippen LogP contribution in [0.3, 0.4) is 0 Å². The van der Waals surface area contributed by atoms with Gasteiger partial charge in [0.15, 0.2) is 0 Å². The van der Waals surface area contributed by atoms with E-state index in [2.05, 4.69) is 17.0 Å². The first-order valence-electron chi connectivity index (χ1n) is 7.34. The Hall–Kier alpha value is -1.35. The number of unbranched alkanes of at least 4 members (excludes halogenated alkanes) is 2. The fraction of sp³-hybridized carbons (Fsp3) is 0.562. The molecule has 0 radical (unpaired) electrons. The molecule has 19 heavy (non-hydrogen) atoms. The number of benzene rings is 1. The molecule has 104 valence electrons. The van der Waals surface area contributed by atoms with Crippen LogP contribution in [0.4, 0.5) is 0 Å². The third-order valence-electron chi connectivity index (χ3n) is 3.60. The number of hydrogen-bond acceptors (Lipinski definition) is 2. The van der Waals surface area contributed by atoms with Crippen molar-refractivity contribution < 1.29 is 4.79 Å². The molecule has 2 rings (SSSR count). The lowest BCUT2D eigenvalue weighted by Gasteiger charge is -2.22. The van der Waals surface area contributed by atoms with Gasteiger partial charge in [-0.3, -0.25) is 4.79 Å².